The van der Waals surface area contributed by atoms with Crippen molar-refractivity contribution in [2.75, 3.05) is 14.2 Å². The summed E-state index contributed by atoms with van der Waals surface area (Å²) in [5.74, 6) is -0.569. The Labute approximate surface area is 176 Å². The van der Waals surface area contributed by atoms with Crippen LogP contribution in [0.5, 0.6) is 11.5 Å². The average molecular weight is 435 g/mol. The van der Waals surface area contributed by atoms with Crippen LogP contribution in [0.15, 0.2) is 22.4 Å². The summed E-state index contributed by atoms with van der Waals surface area (Å²) >= 11 is 6.59. The number of hydrogen-bond donors (Lipinski definition) is 1. The molecule has 1 aromatic heterocycles. The largest absolute Gasteiger partial charge is 0.496 e. The molecule has 2 aromatic rings. The van der Waals surface area contributed by atoms with Gasteiger partial charge in [0, 0.05) is 18.4 Å². The zero-order valence-corrected chi connectivity index (χ0v) is 17.4. The van der Waals surface area contributed by atoms with Crippen LogP contribution < -0.4 is 9.47 Å². The molecule has 0 radical (unpaired) electrons. The van der Waals surface area contributed by atoms with E-state index in [1.54, 1.807) is 6.92 Å². The van der Waals surface area contributed by atoms with Crippen molar-refractivity contribution in [3.63, 3.8) is 0 Å². The number of carbonyl (C=O) groups excluding carboxylic acids is 2. The first-order chi connectivity index (χ1) is 14.2. The van der Waals surface area contributed by atoms with E-state index in [0.29, 0.717) is 0 Å². The third-order valence-corrected chi connectivity index (χ3v) is 5.73. The quantitative estimate of drug-likeness (QED) is 0.773. The first kappa shape index (κ1) is 20.4. The number of aromatic nitrogens is 2. The first-order valence-corrected chi connectivity index (χ1v) is 9.57. The van der Waals surface area contributed by atoms with Crippen molar-refractivity contribution in [1.29, 1.82) is 0 Å². The van der Waals surface area contributed by atoms with E-state index in [1.807, 2.05) is 0 Å². The number of methoxy groups -OCH3 is 2. The summed E-state index contributed by atoms with van der Waals surface area (Å²) in [5, 5.41) is 13.4. The van der Waals surface area contributed by atoms with Gasteiger partial charge >= 0.3 is 0 Å². The van der Waals surface area contributed by atoms with Crippen LogP contribution in [0.25, 0.3) is 11.5 Å². The van der Waals surface area contributed by atoms with E-state index >= 15 is 0 Å². The number of rotatable bonds is 4. The lowest BCUT2D eigenvalue weighted by molar-refractivity contribution is -0.118. The molecule has 2 aliphatic rings. The lowest BCUT2D eigenvalue weighted by Crippen LogP contribution is -2.51. The van der Waals surface area contributed by atoms with Gasteiger partial charge in [0.1, 0.15) is 17.4 Å². The molecule has 4 rings (SSSR count). The molecular weight excluding hydrogens is 416 g/mol. The maximum atomic E-state index is 13.6. The number of allylic oxidation sites excluding steroid dienone is 1. The number of fused-ring (bicyclic) bond motifs is 1. The molecule has 1 aromatic carbocycles. The monoisotopic (exact) mass is 434 g/mol. The standard InChI is InChI=1S/C20H19ClN2O7/c1-8-5-10(25)6-13(28-4)20(8)17(26)14-12(27-3)7-11(15(21)16(14)29-20)19-22-18(9(2)24)23-30-19/h6-9,24H,5H2,1-4H3/t8-,9?,20+/m1/s1. The Kier molecular flexibility index (Phi) is 4.82. The van der Waals surface area contributed by atoms with Crippen LogP contribution in [0.1, 0.15) is 42.6 Å². The van der Waals surface area contributed by atoms with E-state index in [-0.39, 0.29) is 57.3 Å². The predicted octanol–water partition coefficient (Wildman–Crippen LogP) is 2.91. The van der Waals surface area contributed by atoms with Crippen molar-refractivity contribution in [3.05, 3.63) is 34.3 Å². The maximum absolute atomic E-state index is 13.6. The number of carbonyl (C=O) groups is 2. The van der Waals surface area contributed by atoms with E-state index in [1.165, 1.54) is 33.3 Å². The highest BCUT2D eigenvalue weighted by molar-refractivity contribution is 6.36. The summed E-state index contributed by atoms with van der Waals surface area (Å²) in [4.78, 5) is 29.7. The van der Waals surface area contributed by atoms with Gasteiger partial charge in [0.2, 0.25) is 11.4 Å². The van der Waals surface area contributed by atoms with Crippen LogP contribution in [0, 0.1) is 5.92 Å². The lowest BCUT2D eigenvalue weighted by atomic mass is 9.75. The Balaban J connectivity index is 1.91. The number of nitrogens with zero attached hydrogens (tertiary/aromatic N) is 2. The zero-order chi connectivity index (χ0) is 21.8. The SMILES string of the molecule is COC1=CC(=O)C[C@@H](C)[C@]12Oc1c(Cl)c(-c3nc(C(C)O)no3)cc(OC)c1C2=O. The molecule has 0 amide bonds. The number of halogens is 1. The maximum Gasteiger partial charge on any atom is 0.259 e. The molecule has 158 valence electrons. The molecule has 9 nitrogen and oxygen atoms in total. The molecule has 30 heavy (non-hydrogen) atoms. The van der Waals surface area contributed by atoms with Crippen molar-refractivity contribution in [1.82, 2.24) is 10.1 Å². The van der Waals surface area contributed by atoms with Gasteiger partial charge in [-0.25, -0.2) is 0 Å². The van der Waals surface area contributed by atoms with Crippen molar-refractivity contribution >= 4 is 23.2 Å². The van der Waals surface area contributed by atoms with Gasteiger partial charge in [-0.15, -0.1) is 0 Å². The molecule has 3 atom stereocenters. The van der Waals surface area contributed by atoms with Crippen LogP contribution in [0.3, 0.4) is 0 Å². The Bertz CT molecular complexity index is 1090. The Morgan fingerprint density at radius 2 is 2.07 bits per heavy atom. The number of aliphatic hydroxyl groups is 1. The smallest absolute Gasteiger partial charge is 0.259 e. The summed E-state index contributed by atoms with van der Waals surface area (Å²) in [5.41, 5.74) is -1.11. The zero-order valence-electron chi connectivity index (χ0n) is 16.7. The minimum atomic E-state index is -1.53. The van der Waals surface area contributed by atoms with Crippen molar-refractivity contribution < 1.29 is 33.4 Å². The summed E-state index contributed by atoms with van der Waals surface area (Å²) in [7, 11) is 2.78. The fourth-order valence-corrected chi connectivity index (χ4v) is 4.11. The summed E-state index contributed by atoms with van der Waals surface area (Å²) < 4.78 is 22.2. The molecule has 1 unspecified atom stereocenters. The molecule has 0 saturated carbocycles. The molecule has 1 N–H and O–H groups in total. The number of aliphatic hydroxyl groups excluding tert-OH is 1. The predicted molar refractivity (Wildman–Crippen MR) is 103 cm³/mol. The average Bonchev–Trinajstić information content (AvgIpc) is 3.31. The van der Waals surface area contributed by atoms with Crippen LogP contribution in [0.4, 0.5) is 0 Å². The number of Topliss-reactive ketones (excluding diaryl/α,β-unsaturated/α-hetero) is 1. The van der Waals surface area contributed by atoms with Crippen molar-refractivity contribution in [2.24, 2.45) is 5.92 Å². The number of ether oxygens (including phenoxy) is 3. The highest BCUT2D eigenvalue weighted by Gasteiger charge is 2.59. The molecule has 0 bridgehead atoms. The molecular formula is C20H19ClN2O7. The molecule has 1 spiro atoms. The van der Waals surface area contributed by atoms with E-state index in [2.05, 4.69) is 10.1 Å². The topological polar surface area (TPSA) is 121 Å². The fourth-order valence-electron chi connectivity index (χ4n) is 3.84. The second-order valence-corrected chi connectivity index (χ2v) is 7.61. The number of ketones is 2. The van der Waals surface area contributed by atoms with Crippen LogP contribution in [-0.2, 0) is 9.53 Å². The summed E-state index contributed by atoms with van der Waals surface area (Å²) in [6, 6.07) is 1.50. The van der Waals surface area contributed by atoms with E-state index in [4.69, 9.17) is 30.3 Å². The highest BCUT2D eigenvalue weighted by Crippen LogP contribution is 2.54. The van der Waals surface area contributed by atoms with Crippen LogP contribution >= 0.6 is 11.6 Å². The molecule has 10 heteroatoms. The Hall–Kier alpha value is -2.91. The third kappa shape index (κ3) is 2.73. The van der Waals surface area contributed by atoms with E-state index < -0.39 is 23.4 Å². The van der Waals surface area contributed by atoms with Crippen LogP contribution in [0.2, 0.25) is 5.02 Å². The molecule has 0 saturated heterocycles. The second-order valence-electron chi connectivity index (χ2n) is 7.23. The summed E-state index contributed by atoms with van der Waals surface area (Å²) in [6.45, 7) is 3.23. The third-order valence-electron chi connectivity index (χ3n) is 5.36. The van der Waals surface area contributed by atoms with E-state index in [9.17, 15) is 14.7 Å². The Morgan fingerprint density at radius 1 is 1.33 bits per heavy atom. The first-order valence-electron chi connectivity index (χ1n) is 9.19. The minimum absolute atomic E-state index is 0.0309. The number of hydrogen-bond acceptors (Lipinski definition) is 9. The molecule has 1 aliphatic heterocycles. The van der Waals surface area contributed by atoms with Crippen LogP contribution in [-0.4, -0.2) is 46.6 Å². The lowest BCUT2D eigenvalue weighted by Gasteiger charge is -2.36. The normalized spacial score (nSPS) is 23.8. The van der Waals surface area contributed by atoms with Gasteiger partial charge in [0.25, 0.3) is 5.89 Å². The van der Waals surface area contributed by atoms with Gasteiger partial charge < -0.3 is 23.8 Å². The molecule has 0 fully saturated rings. The van der Waals surface area contributed by atoms with Crippen molar-refractivity contribution in [3.8, 4) is 23.0 Å². The van der Waals surface area contributed by atoms with Gasteiger partial charge in [-0.2, -0.15) is 4.98 Å². The van der Waals surface area contributed by atoms with Gasteiger partial charge in [-0.05, 0) is 13.0 Å². The fraction of sp³-hybridized carbons (Fsp3) is 0.400. The highest BCUT2D eigenvalue weighted by atomic mass is 35.5. The molecule has 2 heterocycles. The van der Waals surface area contributed by atoms with Gasteiger partial charge in [0.15, 0.2) is 23.1 Å². The van der Waals surface area contributed by atoms with E-state index in [0.717, 1.165) is 0 Å². The second kappa shape index (κ2) is 7.10. The molecule has 1 aliphatic carbocycles. The summed E-state index contributed by atoms with van der Waals surface area (Å²) in [6.07, 6.45) is 0.451. The van der Waals surface area contributed by atoms with Gasteiger partial charge in [0.05, 0.1) is 24.8 Å². The Morgan fingerprint density at radius 3 is 2.67 bits per heavy atom. The van der Waals surface area contributed by atoms with Crippen molar-refractivity contribution in [2.45, 2.75) is 32.0 Å². The number of benzene rings is 1. The minimum Gasteiger partial charge on any atom is -0.496 e. The van der Waals surface area contributed by atoms with Gasteiger partial charge in [-0.3, -0.25) is 9.59 Å². The van der Waals surface area contributed by atoms with Gasteiger partial charge in [-0.1, -0.05) is 23.7 Å².